The highest BCUT2D eigenvalue weighted by molar-refractivity contribution is 7.18. The Hall–Kier alpha value is -3.66. The lowest BCUT2D eigenvalue weighted by molar-refractivity contribution is -0.384. The molecule has 4 aromatic rings. The van der Waals surface area contributed by atoms with E-state index in [1.807, 2.05) is 29.2 Å². The summed E-state index contributed by atoms with van der Waals surface area (Å²) in [7, 11) is 0. The van der Waals surface area contributed by atoms with Crippen LogP contribution in [0.3, 0.4) is 0 Å². The minimum absolute atomic E-state index is 0.0443. The summed E-state index contributed by atoms with van der Waals surface area (Å²) in [5.74, 6) is -0.192. The topological polar surface area (TPSA) is 107 Å². The second-order valence-electron chi connectivity index (χ2n) is 7.74. The fraction of sp³-hybridized carbons (Fsp3) is 0.273. The molecule has 162 valence electrons. The predicted molar refractivity (Wildman–Crippen MR) is 120 cm³/mol. The molecule has 1 aliphatic heterocycles. The van der Waals surface area contributed by atoms with Crippen LogP contribution in [-0.4, -0.2) is 42.3 Å². The van der Waals surface area contributed by atoms with Crippen molar-refractivity contribution in [3.63, 3.8) is 0 Å². The number of carbonyl (C=O) groups is 1. The highest BCUT2D eigenvalue weighted by atomic mass is 32.1. The molecule has 5 rings (SSSR count). The Bertz CT molecular complexity index is 1300. The van der Waals surface area contributed by atoms with Crippen LogP contribution >= 0.6 is 11.3 Å². The molecule has 2 aromatic carbocycles. The number of carbonyl (C=O) groups excluding carboxylic acids is 1. The first-order valence-corrected chi connectivity index (χ1v) is 11.2. The third-order valence-corrected chi connectivity index (χ3v) is 6.88. The number of thiazole rings is 1. The van der Waals surface area contributed by atoms with Crippen molar-refractivity contribution < 1.29 is 9.72 Å². The Balaban J connectivity index is 1.47. The quantitative estimate of drug-likeness (QED) is 0.337. The molecule has 9 nitrogen and oxygen atoms in total. The fourth-order valence-electron chi connectivity index (χ4n) is 4.11. The van der Waals surface area contributed by atoms with Crippen LogP contribution in [0.25, 0.3) is 15.9 Å². The average Bonchev–Trinajstić information content (AvgIpc) is 3.42. The summed E-state index contributed by atoms with van der Waals surface area (Å²) >= 11 is 1.62. The second-order valence-corrected chi connectivity index (χ2v) is 8.80. The van der Waals surface area contributed by atoms with Gasteiger partial charge in [-0.3, -0.25) is 14.9 Å². The lowest BCUT2D eigenvalue weighted by Crippen LogP contribution is -2.39. The minimum atomic E-state index is -0.460. The maximum absolute atomic E-state index is 13.5. The first-order chi connectivity index (χ1) is 15.5. The van der Waals surface area contributed by atoms with Crippen molar-refractivity contribution in [2.45, 2.75) is 32.2 Å². The first-order valence-electron chi connectivity index (χ1n) is 10.4. The van der Waals surface area contributed by atoms with E-state index in [0.29, 0.717) is 17.9 Å². The second kappa shape index (κ2) is 8.12. The number of piperidine rings is 1. The molecule has 0 bridgehead atoms. The van der Waals surface area contributed by atoms with Crippen molar-refractivity contribution in [3.8, 4) is 5.69 Å². The van der Waals surface area contributed by atoms with E-state index in [1.165, 1.54) is 16.8 Å². The Kier molecular flexibility index (Phi) is 5.14. The first kappa shape index (κ1) is 20.3. The van der Waals surface area contributed by atoms with E-state index in [2.05, 4.69) is 10.3 Å². The van der Waals surface area contributed by atoms with E-state index >= 15 is 0 Å². The smallest absolute Gasteiger partial charge is 0.276 e. The fourth-order valence-corrected chi connectivity index (χ4v) is 5.23. The maximum atomic E-state index is 13.5. The molecule has 1 amide bonds. The molecule has 10 heteroatoms. The number of benzene rings is 2. The van der Waals surface area contributed by atoms with Gasteiger partial charge in [-0.15, -0.1) is 16.4 Å². The molecular weight excluding hydrogens is 428 g/mol. The molecule has 0 radical (unpaired) electrons. The molecule has 3 heterocycles. The van der Waals surface area contributed by atoms with Crippen LogP contribution in [0.1, 0.15) is 46.5 Å². The number of hydrogen-bond donors (Lipinski definition) is 0. The molecule has 0 saturated carbocycles. The van der Waals surface area contributed by atoms with Gasteiger partial charge in [-0.1, -0.05) is 23.4 Å². The highest BCUT2D eigenvalue weighted by Gasteiger charge is 2.33. The van der Waals surface area contributed by atoms with Gasteiger partial charge in [0.25, 0.3) is 11.6 Å². The van der Waals surface area contributed by atoms with Gasteiger partial charge < -0.3 is 4.90 Å². The monoisotopic (exact) mass is 448 g/mol. The molecule has 2 aromatic heterocycles. The van der Waals surface area contributed by atoms with Gasteiger partial charge >= 0.3 is 0 Å². The number of hydrogen-bond acceptors (Lipinski definition) is 7. The zero-order valence-electron chi connectivity index (χ0n) is 17.3. The Morgan fingerprint density at radius 1 is 1.19 bits per heavy atom. The Morgan fingerprint density at radius 3 is 2.84 bits per heavy atom. The van der Waals surface area contributed by atoms with Crippen LogP contribution in [0.5, 0.6) is 0 Å². The number of nitro benzene ring substituents is 1. The third-order valence-electron chi connectivity index (χ3n) is 5.74. The van der Waals surface area contributed by atoms with Crippen molar-refractivity contribution >= 4 is 33.1 Å². The molecule has 0 N–H and O–H groups in total. The highest BCUT2D eigenvalue weighted by Crippen LogP contribution is 2.36. The van der Waals surface area contributed by atoms with Gasteiger partial charge in [0, 0.05) is 18.7 Å². The summed E-state index contributed by atoms with van der Waals surface area (Å²) < 4.78 is 2.57. The van der Waals surface area contributed by atoms with Gasteiger partial charge in [0.2, 0.25) is 0 Å². The summed E-state index contributed by atoms with van der Waals surface area (Å²) in [6, 6.07) is 14.0. The SMILES string of the molecule is Cc1c(C(=O)N2CCCCC2c2nc3ccccc3s2)nnn1-c1cccc([N+](=O)[O-])c1. The molecule has 1 saturated heterocycles. The van der Waals surface area contributed by atoms with Gasteiger partial charge in [0.1, 0.15) is 5.01 Å². The van der Waals surface area contributed by atoms with Crippen LogP contribution in [0.4, 0.5) is 5.69 Å². The van der Waals surface area contributed by atoms with Crippen LogP contribution in [0, 0.1) is 17.0 Å². The van der Waals surface area contributed by atoms with Gasteiger partial charge in [0.05, 0.1) is 32.6 Å². The van der Waals surface area contributed by atoms with Gasteiger partial charge in [-0.2, -0.15) is 0 Å². The summed E-state index contributed by atoms with van der Waals surface area (Å²) in [5.41, 5.74) is 2.19. The van der Waals surface area contributed by atoms with Gasteiger partial charge in [-0.25, -0.2) is 9.67 Å². The van der Waals surface area contributed by atoms with Gasteiger partial charge in [-0.05, 0) is 44.4 Å². The van der Waals surface area contributed by atoms with Crippen molar-refractivity contribution in [1.29, 1.82) is 0 Å². The zero-order valence-corrected chi connectivity index (χ0v) is 18.2. The summed E-state index contributed by atoms with van der Waals surface area (Å²) in [6.45, 7) is 2.38. The number of rotatable bonds is 4. The lowest BCUT2D eigenvalue weighted by atomic mass is 10.0. The number of non-ortho nitro benzene ring substituents is 1. The van der Waals surface area contributed by atoms with Gasteiger partial charge in [0.15, 0.2) is 5.69 Å². The predicted octanol–water partition coefficient (Wildman–Crippen LogP) is 4.46. The Morgan fingerprint density at radius 2 is 2.03 bits per heavy atom. The average molecular weight is 449 g/mol. The van der Waals surface area contributed by atoms with Crippen LogP contribution in [0.2, 0.25) is 0 Å². The summed E-state index contributed by atoms with van der Waals surface area (Å²) in [4.78, 5) is 30.8. The van der Waals surface area contributed by atoms with Crippen molar-refractivity contribution in [3.05, 3.63) is 75.0 Å². The maximum Gasteiger partial charge on any atom is 0.276 e. The molecule has 1 atom stereocenters. The van der Waals surface area contributed by atoms with Crippen molar-refractivity contribution in [2.75, 3.05) is 6.54 Å². The van der Waals surface area contributed by atoms with Crippen LogP contribution in [0.15, 0.2) is 48.5 Å². The number of nitrogens with zero attached hydrogens (tertiary/aromatic N) is 6. The number of fused-ring (bicyclic) bond motifs is 1. The van der Waals surface area contributed by atoms with Crippen molar-refractivity contribution in [2.24, 2.45) is 0 Å². The van der Waals surface area contributed by atoms with E-state index in [9.17, 15) is 14.9 Å². The largest absolute Gasteiger partial charge is 0.328 e. The van der Waals surface area contributed by atoms with E-state index in [1.54, 1.807) is 30.4 Å². The number of amides is 1. The zero-order chi connectivity index (χ0) is 22.2. The molecular formula is C22H20N6O3S. The summed E-state index contributed by atoms with van der Waals surface area (Å²) in [5, 5.41) is 20.3. The van der Waals surface area contributed by atoms with E-state index in [4.69, 9.17) is 4.98 Å². The molecule has 0 aliphatic carbocycles. The van der Waals surface area contributed by atoms with Crippen LogP contribution in [-0.2, 0) is 0 Å². The molecule has 1 aliphatic rings. The molecule has 1 fully saturated rings. The number of likely N-dealkylation sites (tertiary alicyclic amines) is 1. The van der Waals surface area contributed by atoms with Crippen molar-refractivity contribution in [1.82, 2.24) is 24.9 Å². The third kappa shape index (κ3) is 3.52. The molecule has 32 heavy (non-hydrogen) atoms. The van der Waals surface area contributed by atoms with E-state index in [0.717, 1.165) is 34.5 Å². The van der Waals surface area contributed by atoms with Crippen LogP contribution < -0.4 is 0 Å². The lowest BCUT2D eigenvalue weighted by Gasteiger charge is -2.34. The minimum Gasteiger partial charge on any atom is -0.328 e. The summed E-state index contributed by atoms with van der Waals surface area (Å²) in [6.07, 6.45) is 2.80. The number of para-hydroxylation sites is 1. The van der Waals surface area contributed by atoms with E-state index in [-0.39, 0.29) is 23.3 Å². The molecule has 0 spiro atoms. The van der Waals surface area contributed by atoms with E-state index < -0.39 is 4.92 Å². The normalized spacial score (nSPS) is 16.4. The standard InChI is InChI=1S/C22H20N6O3S/c1-14-20(24-25-27(14)15-7-6-8-16(13-15)28(30)31)22(29)26-12-5-4-10-18(26)21-23-17-9-2-3-11-19(17)32-21/h2-3,6-9,11,13,18H,4-5,10,12H2,1H3. The molecule has 1 unspecified atom stereocenters. The number of nitro groups is 1. The Labute approximate surface area is 187 Å². The number of aromatic nitrogens is 4.